The molecule has 2 amide bonds. The fourth-order valence-electron chi connectivity index (χ4n) is 3.60. The van der Waals surface area contributed by atoms with Crippen LogP contribution in [-0.4, -0.2) is 23.8 Å². The topological polar surface area (TPSA) is 61.2 Å². The summed E-state index contributed by atoms with van der Waals surface area (Å²) in [5.74, 6) is -0.907. The van der Waals surface area contributed by atoms with Gasteiger partial charge in [0.2, 0.25) is 0 Å². The van der Waals surface area contributed by atoms with Crippen molar-refractivity contribution >= 4 is 11.8 Å². The van der Waals surface area contributed by atoms with Gasteiger partial charge in [-0.05, 0) is 28.8 Å². The van der Waals surface area contributed by atoms with Gasteiger partial charge in [0.05, 0.1) is 22.8 Å². The first kappa shape index (κ1) is 16.7. The first-order valence-electron chi connectivity index (χ1n) is 8.62. The molecule has 1 heterocycles. The van der Waals surface area contributed by atoms with Crippen molar-refractivity contribution in [3.8, 4) is 6.07 Å². The van der Waals surface area contributed by atoms with Crippen molar-refractivity contribution in [2.75, 3.05) is 7.05 Å². The molecular weight excluding hydrogens is 336 g/mol. The SMILES string of the molecule is CN1C(=O)c2cc(C#N)c(C(c3ccccc3)c3ccccc3)cc2C1=O. The number of fused-ring (bicyclic) bond motifs is 1. The smallest absolute Gasteiger partial charge is 0.261 e. The lowest BCUT2D eigenvalue weighted by molar-refractivity contribution is 0.0693. The zero-order valence-corrected chi connectivity index (χ0v) is 14.7. The molecule has 0 atom stereocenters. The summed E-state index contributed by atoms with van der Waals surface area (Å²) in [6.45, 7) is 0. The maximum atomic E-state index is 12.5. The van der Waals surface area contributed by atoms with Crippen molar-refractivity contribution < 1.29 is 9.59 Å². The Morgan fingerprint density at radius 2 is 1.30 bits per heavy atom. The van der Waals surface area contributed by atoms with Crippen molar-refractivity contribution in [3.05, 3.63) is 106 Å². The molecular formula is C23H16N2O2. The van der Waals surface area contributed by atoms with Gasteiger partial charge in [-0.25, -0.2) is 0 Å². The van der Waals surface area contributed by atoms with Crippen molar-refractivity contribution in [2.24, 2.45) is 0 Å². The molecule has 1 aliphatic heterocycles. The second kappa shape index (κ2) is 6.54. The molecule has 0 N–H and O–H groups in total. The molecule has 0 aliphatic carbocycles. The van der Waals surface area contributed by atoms with E-state index in [1.165, 1.54) is 7.05 Å². The summed E-state index contributed by atoms with van der Waals surface area (Å²) in [4.78, 5) is 25.9. The molecule has 0 saturated heterocycles. The van der Waals surface area contributed by atoms with Crippen LogP contribution in [0.2, 0.25) is 0 Å². The third-order valence-electron chi connectivity index (χ3n) is 4.96. The molecule has 3 aromatic carbocycles. The number of nitriles is 1. The van der Waals surface area contributed by atoms with E-state index in [9.17, 15) is 14.9 Å². The van der Waals surface area contributed by atoms with Crippen LogP contribution in [0.4, 0.5) is 0 Å². The first-order valence-corrected chi connectivity index (χ1v) is 8.62. The molecule has 4 rings (SSSR count). The predicted octanol–water partition coefficient (Wildman–Crippen LogP) is 3.96. The number of hydrogen-bond donors (Lipinski definition) is 0. The van der Waals surface area contributed by atoms with Gasteiger partial charge in [0, 0.05) is 13.0 Å². The number of amides is 2. The summed E-state index contributed by atoms with van der Waals surface area (Å²) < 4.78 is 0. The molecule has 0 unspecified atom stereocenters. The predicted molar refractivity (Wildman–Crippen MR) is 101 cm³/mol. The summed E-state index contributed by atoms with van der Waals surface area (Å²) in [7, 11) is 1.46. The van der Waals surface area contributed by atoms with E-state index in [-0.39, 0.29) is 17.7 Å². The highest BCUT2D eigenvalue weighted by atomic mass is 16.2. The number of benzene rings is 3. The zero-order valence-electron chi connectivity index (χ0n) is 14.7. The zero-order chi connectivity index (χ0) is 19.0. The molecule has 1 aliphatic rings. The van der Waals surface area contributed by atoms with E-state index in [0.29, 0.717) is 16.7 Å². The maximum absolute atomic E-state index is 12.5. The average molecular weight is 352 g/mol. The minimum Gasteiger partial charge on any atom is -0.277 e. The van der Waals surface area contributed by atoms with Gasteiger partial charge in [0.25, 0.3) is 11.8 Å². The third-order valence-corrected chi connectivity index (χ3v) is 4.96. The van der Waals surface area contributed by atoms with E-state index in [1.54, 1.807) is 12.1 Å². The molecule has 0 radical (unpaired) electrons. The molecule has 4 heteroatoms. The van der Waals surface area contributed by atoms with Crippen molar-refractivity contribution in [2.45, 2.75) is 5.92 Å². The highest BCUT2D eigenvalue weighted by Crippen LogP contribution is 2.36. The van der Waals surface area contributed by atoms with Crippen molar-refractivity contribution in [3.63, 3.8) is 0 Å². The van der Waals surface area contributed by atoms with Gasteiger partial charge in [-0.1, -0.05) is 60.7 Å². The molecule has 0 fully saturated rings. The van der Waals surface area contributed by atoms with Crippen molar-refractivity contribution in [1.29, 1.82) is 5.26 Å². The summed E-state index contributed by atoms with van der Waals surface area (Å²) in [5, 5.41) is 9.75. The van der Waals surface area contributed by atoms with Crippen LogP contribution in [0.1, 0.15) is 48.9 Å². The highest BCUT2D eigenvalue weighted by molar-refractivity contribution is 6.21. The fourth-order valence-corrected chi connectivity index (χ4v) is 3.60. The lowest BCUT2D eigenvalue weighted by Crippen LogP contribution is -2.24. The quantitative estimate of drug-likeness (QED) is 0.529. The average Bonchev–Trinajstić information content (AvgIpc) is 2.93. The lowest BCUT2D eigenvalue weighted by Gasteiger charge is -2.20. The van der Waals surface area contributed by atoms with Crippen LogP contribution in [0.3, 0.4) is 0 Å². The van der Waals surface area contributed by atoms with Gasteiger partial charge in [-0.3, -0.25) is 14.5 Å². The number of hydrogen-bond acceptors (Lipinski definition) is 3. The van der Waals surface area contributed by atoms with E-state index in [4.69, 9.17) is 0 Å². The Balaban J connectivity index is 1.98. The molecule has 0 saturated carbocycles. The van der Waals surface area contributed by atoms with E-state index in [1.807, 2.05) is 60.7 Å². The molecule has 0 bridgehead atoms. The Kier molecular flexibility index (Phi) is 4.06. The van der Waals surface area contributed by atoms with Crippen molar-refractivity contribution in [1.82, 2.24) is 4.90 Å². The molecule has 0 aromatic heterocycles. The maximum Gasteiger partial charge on any atom is 0.261 e. The minimum absolute atomic E-state index is 0.207. The number of rotatable bonds is 3. The normalized spacial score (nSPS) is 13.0. The second-order valence-electron chi connectivity index (χ2n) is 6.52. The van der Waals surface area contributed by atoms with E-state index in [0.717, 1.165) is 21.6 Å². The van der Waals surface area contributed by atoms with E-state index in [2.05, 4.69) is 6.07 Å². The number of nitrogens with zero attached hydrogens (tertiary/aromatic N) is 2. The molecule has 0 spiro atoms. The summed E-state index contributed by atoms with van der Waals surface area (Å²) in [5.41, 5.74) is 3.82. The van der Waals surface area contributed by atoms with Crippen LogP contribution in [0.5, 0.6) is 0 Å². The van der Waals surface area contributed by atoms with Crippen LogP contribution in [-0.2, 0) is 0 Å². The number of carbonyl (C=O) groups excluding carboxylic acids is 2. The Bertz CT molecular complexity index is 1040. The number of carbonyl (C=O) groups is 2. The molecule has 130 valence electrons. The van der Waals surface area contributed by atoms with E-state index < -0.39 is 0 Å². The Hall–Kier alpha value is -3.71. The van der Waals surface area contributed by atoms with Crippen LogP contribution >= 0.6 is 0 Å². The van der Waals surface area contributed by atoms with Gasteiger partial charge in [-0.15, -0.1) is 0 Å². The Labute approximate surface area is 157 Å². The molecule has 4 nitrogen and oxygen atoms in total. The standard InChI is InChI=1S/C23H16N2O2/c1-25-22(26)19-12-17(14-24)18(13-20(19)23(25)27)21(15-8-4-2-5-9-15)16-10-6-3-7-11-16/h2-13,21H,1H3. The number of imide groups is 1. The van der Waals surface area contributed by atoms with Gasteiger partial charge < -0.3 is 0 Å². The van der Waals surface area contributed by atoms with Crippen LogP contribution in [0.25, 0.3) is 0 Å². The summed E-state index contributed by atoms with van der Waals surface area (Å²) >= 11 is 0. The minimum atomic E-state index is -0.367. The highest BCUT2D eigenvalue weighted by Gasteiger charge is 2.35. The first-order chi connectivity index (χ1) is 13.1. The van der Waals surface area contributed by atoms with Crippen LogP contribution in [0, 0.1) is 11.3 Å². The largest absolute Gasteiger partial charge is 0.277 e. The Morgan fingerprint density at radius 3 is 1.78 bits per heavy atom. The monoisotopic (exact) mass is 352 g/mol. The lowest BCUT2D eigenvalue weighted by atomic mass is 9.81. The molecule has 27 heavy (non-hydrogen) atoms. The van der Waals surface area contributed by atoms with Crippen LogP contribution in [0.15, 0.2) is 72.8 Å². The van der Waals surface area contributed by atoms with Gasteiger partial charge in [0.15, 0.2) is 0 Å². The second-order valence-corrected chi connectivity index (χ2v) is 6.52. The van der Waals surface area contributed by atoms with Gasteiger partial charge in [-0.2, -0.15) is 5.26 Å². The van der Waals surface area contributed by atoms with Gasteiger partial charge >= 0.3 is 0 Å². The third kappa shape index (κ3) is 2.70. The Morgan fingerprint density at radius 1 is 0.815 bits per heavy atom. The fraction of sp³-hybridized carbons (Fsp3) is 0.0870. The summed E-state index contributed by atoms with van der Waals surface area (Å²) in [6.07, 6.45) is 0. The van der Waals surface area contributed by atoms with E-state index >= 15 is 0 Å². The molecule has 3 aromatic rings. The van der Waals surface area contributed by atoms with Crippen LogP contribution < -0.4 is 0 Å². The van der Waals surface area contributed by atoms with Gasteiger partial charge in [0.1, 0.15) is 0 Å². The summed E-state index contributed by atoms with van der Waals surface area (Å²) in [6, 6.07) is 25.2.